The molecule has 0 aliphatic heterocycles. The molecular formula is C20H33NO2. The van der Waals surface area contributed by atoms with Gasteiger partial charge in [0.05, 0.1) is 25.4 Å². The first-order chi connectivity index (χ1) is 11.3. The zero-order valence-corrected chi connectivity index (χ0v) is 14.8. The minimum absolute atomic E-state index is 0.108. The molecular weight excluding hydrogens is 286 g/mol. The highest BCUT2D eigenvalue weighted by atomic mass is 16.5. The van der Waals surface area contributed by atoms with Gasteiger partial charge in [0.2, 0.25) is 0 Å². The lowest BCUT2D eigenvalue weighted by atomic mass is 9.82. The predicted molar refractivity (Wildman–Crippen MR) is 95.4 cm³/mol. The summed E-state index contributed by atoms with van der Waals surface area (Å²) in [5.41, 5.74) is 1.19. The summed E-state index contributed by atoms with van der Waals surface area (Å²) >= 11 is 0. The average molecular weight is 319 g/mol. The van der Waals surface area contributed by atoms with Crippen molar-refractivity contribution in [2.24, 2.45) is 5.92 Å². The second-order valence-electron chi connectivity index (χ2n) is 6.68. The van der Waals surface area contributed by atoms with Crippen molar-refractivity contribution < 1.29 is 9.84 Å². The van der Waals surface area contributed by atoms with Crippen molar-refractivity contribution in [3.05, 3.63) is 35.9 Å². The highest BCUT2D eigenvalue weighted by Gasteiger charge is 2.31. The van der Waals surface area contributed by atoms with Crippen LogP contribution in [0.25, 0.3) is 0 Å². The zero-order valence-electron chi connectivity index (χ0n) is 14.8. The lowest BCUT2D eigenvalue weighted by Gasteiger charge is -2.38. The summed E-state index contributed by atoms with van der Waals surface area (Å²) in [4.78, 5) is 2.35. The average Bonchev–Trinajstić information content (AvgIpc) is 2.62. The van der Waals surface area contributed by atoms with Gasteiger partial charge in [-0.25, -0.2) is 0 Å². The van der Waals surface area contributed by atoms with E-state index in [4.69, 9.17) is 4.74 Å². The van der Waals surface area contributed by atoms with E-state index < -0.39 is 0 Å². The van der Waals surface area contributed by atoms with E-state index in [2.05, 4.69) is 30.9 Å². The molecule has 0 bridgehead atoms. The molecule has 0 amide bonds. The molecule has 1 aromatic carbocycles. The van der Waals surface area contributed by atoms with Crippen LogP contribution in [-0.2, 0) is 11.3 Å². The fourth-order valence-corrected chi connectivity index (χ4v) is 3.77. The standard InChI is InChI=1S/C20H33NO2/c1-3-21(4-2)19(20(22)18-13-9-6-10-14-18)16-23-15-17-11-7-5-8-12-17/h5,7-8,11-12,18-20,22H,3-4,6,9-10,13-16H2,1-2H3/t19-,20+/m0/s1. The maximum atomic E-state index is 10.9. The molecule has 3 heteroatoms. The Hall–Kier alpha value is -0.900. The Labute approximate surface area is 141 Å². The van der Waals surface area contributed by atoms with E-state index in [1.807, 2.05) is 18.2 Å². The second-order valence-corrected chi connectivity index (χ2v) is 6.68. The van der Waals surface area contributed by atoms with Gasteiger partial charge in [-0.05, 0) is 37.4 Å². The zero-order chi connectivity index (χ0) is 16.5. The largest absolute Gasteiger partial charge is 0.391 e. The van der Waals surface area contributed by atoms with Gasteiger partial charge >= 0.3 is 0 Å². The van der Waals surface area contributed by atoms with Gasteiger partial charge < -0.3 is 9.84 Å². The highest BCUT2D eigenvalue weighted by Crippen LogP contribution is 2.29. The van der Waals surface area contributed by atoms with Crippen molar-refractivity contribution in [3.8, 4) is 0 Å². The molecule has 3 nitrogen and oxygen atoms in total. The van der Waals surface area contributed by atoms with Crippen LogP contribution in [0.2, 0.25) is 0 Å². The molecule has 0 aromatic heterocycles. The number of benzene rings is 1. The molecule has 23 heavy (non-hydrogen) atoms. The van der Waals surface area contributed by atoms with Gasteiger partial charge in [0.15, 0.2) is 0 Å². The third-order valence-electron chi connectivity index (χ3n) is 5.21. The molecule has 0 unspecified atom stereocenters. The van der Waals surface area contributed by atoms with Gasteiger partial charge in [0.1, 0.15) is 0 Å². The first-order valence-corrected chi connectivity index (χ1v) is 9.30. The summed E-state index contributed by atoms with van der Waals surface area (Å²) in [6.45, 7) is 7.48. The lowest BCUT2D eigenvalue weighted by Crippen LogP contribution is -2.49. The summed E-state index contributed by atoms with van der Waals surface area (Å²) in [5, 5.41) is 10.9. The van der Waals surface area contributed by atoms with E-state index in [-0.39, 0.29) is 12.1 Å². The topological polar surface area (TPSA) is 32.7 Å². The number of hydrogen-bond acceptors (Lipinski definition) is 3. The van der Waals surface area contributed by atoms with Crippen LogP contribution >= 0.6 is 0 Å². The van der Waals surface area contributed by atoms with Crippen LogP contribution in [-0.4, -0.2) is 41.8 Å². The molecule has 1 aliphatic rings. The minimum Gasteiger partial charge on any atom is -0.391 e. The number of likely N-dealkylation sites (N-methyl/N-ethyl adjacent to an activating group) is 1. The fourth-order valence-electron chi connectivity index (χ4n) is 3.77. The van der Waals surface area contributed by atoms with Crippen LogP contribution in [0.15, 0.2) is 30.3 Å². The highest BCUT2D eigenvalue weighted by molar-refractivity contribution is 5.13. The van der Waals surface area contributed by atoms with E-state index in [9.17, 15) is 5.11 Å². The Kier molecular flexibility index (Phi) is 8.07. The summed E-state index contributed by atoms with van der Waals surface area (Å²) in [5.74, 6) is 0.440. The molecule has 2 rings (SSSR count). The van der Waals surface area contributed by atoms with Gasteiger partial charge in [0, 0.05) is 0 Å². The Bertz CT molecular complexity index is 413. The minimum atomic E-state index is -0.272. The lowest BCUT2D eigenvalue weighted by molar-refractivity contribution is -0.0425. The van der Waals surface area contributed by atoms with Crippen LogP contribution in [0, 0.1) is 5.92 Å². The second kappa shape index (κ2) is 10.1. The van der Waals surface area contributed by atoms with Crippen molar-refractivity contribution in [2.45, 2.75) is 64.7 Å². The Morgan fingerprint density at radius 3 is 2.35 bits per heavy atom. The van der Waals surface area contributed by atoms with Crippen LogP contribution < -0.4 is 0 Å². The van der Waals surface area contributed by atoms with Crippen molar-refractivity contribution >= 4 is 0 Å². The van der Waals surface area contributed by atoms with E-state index >= 15 is 0 Å². The number of nitrogens with zero attached hydrogens (tertiary/aromatic N) is 1. The molecule has 0 spiro atoms. The molecule has 1 fully saturated rings. The van der Waals surface area contributed by atoms with Gasteiger partial charge in [0.25, 0.3) is 0 Å². The Morgan fingerprint density at radius 2 is 1.74 bits per heavy atom. The fraction of sp³-hybridized carbons (Fsp3) is 0.700. The smallest absolute Gasteiger partial charge is 0.0745 e. The van der Waals surface area contributed by atoms with Gasteiger partial charge in [-0.3, -0.25) is 4.90 Å². The summed E-state index contributed by atoms with van der Waals surface area (Å²) in [7, 11) is 0. The molecule has 0 saturated heterocycles. The van der Waals surface area contributed by atoms with Crippen LogP contribution in [0.1, 0.15) is 51.5 Å². The first-order valence-electron chi connectivity index (χ1n) is 9.30. The van der Waals surface area contributed by atoms with E-state index in [1.165, 1.54) is 24.8 Å². The van der Waals surface area contributed by atoms with Crippen molar-refractivity contribution in [2.75, 3.05) is 19.7 Å². The van der Waals surface area contributed by atoms with Gasteiger partial charge in [-0.15, -0.1) is 0 Å². The molecule has 2 atom stereocenters. The molecule has 1 N–H and O–H groups in total. The van der Waals surface area contributed by atoms with Crippen LogP contribution in [0.3, 0.4) is 0 Å². The summed E-state index contributed by atoms with van der Waals surface area (Å²) < 4.78 is 5.98. The Morgan fingerprint density at radius 1 is 1.09 bits per heavy atom. The normalized spacial score (nSPS) is 19.0. The molecule has 1 saturated carbocycles. The number of hydrogen-bond donors (Lipinski definition) is 1. The number of ether oxygens (including phenoxy) is 1. The number of aliphatic hydroxyl groups is 1. The quantitative estimate of drug-likeness (QED) is 0.750. The maximum Gasteiger partial charge on any atom is 0.0745 e. The predicted octanol–water partition coefficient (Wildman–Crippen LogP) is 3.85. The van der Waals surface area contributed by atoms with Crippen molar-refractivity contribution in [3.63, 3.8) is 0 Å². The van der Waals surface area contributed by atoms with Crippen LogP contribution in [0.4, 0.5) is 0 Å². The van der Waals surface area contributed by atoms with E-state index in [1.54, 1.807) is 0 Å². The third kappa shape index (κ3) is 5.59. The Balaban J connectivity index is 1.92. The SMILES string of the molecule is CCN(CC)[C@@H](COCc1ccccc1)[C@H](O)C1CCCCC1. The third-order valence-corrected chi connectivity index (χ3v) is 5.21. The van der Waals surface area contributed by atoms with Crippen molar-refractivity contribution in [1.29, 1.82) is 0 Å². The molecule has 130 valence electrons. The number of rotatable bonds is 9. The molecule has 1 aromatic rings. The monoisotopic (exact) mass is 319 g/mol. The van der Waals surface area contributed by atoms with Crippen LogP contribution in [0.5, 0.6) is 0 Å². The van der Waals surface area contributed by atoms with Crippen molar-refractivity contribution in [1.82, 2.24) is 4.90 Å². The maximum absolute atomic E-state index is 10.9. The van der Waals surface area contributed by atoms with E-state index in [0.717, 1.165) is 25.9 Å². The van der Waals surface area contributed by atoms with E-state index in [0.29, 0.717) is 19.1 Å². The molecule has 1 aliphatic carbocycles. The number of aliphatic hydroxyl groups excluding tert-OH is 1. The molecule has 0 heterocycles. The first kappa shape index (κ1) is 18.4. The molecule has 0 radical (unpaired) electrons. The summed E-state index contributed by atoms with van der Waals surface area (Å²) in [6.07, 6.45) is 5.90. The van der Waals surface area contributed by atoms with Gasteiger partial charge in [-0.1, -0.05) is 63.4 Å². The van der Waals surface area contributed by atoms with Gasteiger partial charge in [-0.2, -0.15) is 0 Å². The summed E-state index contributed by atoms with van der Waals surface area (Å²) in [6, 6.07) is 10.4.